The van der Waals surface area contributed by atoms with Gasteiger partial charge in [0.25, 0.3) is 0 Å². The van der Waals surface area contributed by atoms with E-state index in [4.69, 9.17) is 9.84 Å². The van der Waals surface area contributed by atoms with E-state index >= 15 is 0 Å². The van der Waals surface area contributed by atoms with Crippen LogP contribution in [0.1, 0.15) is 19.4 Å². The van der Waals surface area contributed by atoms with Crippen LogP contribution in [0.25, 0.3) is 0 Å². The Labute approximate surface area is 115 Å². The molecule has 0 fully saturated rings. The third kappa shape index (κ3) is 5.55. The smallest absolute Gasteiger partial charge is 0.128 e. The highest BCUT2D eigenvalue weighted by molar-refractivity contribution is 5.40. The van der Waals surface area contributed by atoms with Gasteiger partial charge in [0.1, 0.15) is 5.82 Å². The summed E-state index contributed by atoms with van der Waals surface area (Å²) in [5.74, 6) is 0.907. The highest BCUT2D eigenvalue weighted by Crippen LogP contribution is 2.14. The van der Waals surface area contributed by atoms with Gasteiger partial charge in [-0.1, -0.05) is 6.07 Å². The monoisotopic (exact) mass is 267 g/mol. The first-order chi connectivity index (χ1) is 9.19. The highest BCUT2D eigenvalue weighted by Gasteiger charge is 2.10. The fourth-order valence-electron chi connectivity index (χ4n) is 1.84. The van der Waals surface area contributed by atoms with Gasteiger partial charge in [0.15, 0.2) is 0 Å². The zero-order chi connectivity index (χ0) is 14.1. The number of nitrogens with zero attached hydrogens (tertiary/aromatic N) is 2. The Balaban J connectivity index is 2.54. The van der Waals surface area contributed by atoms with E-state index in [-0.39, 0.29) is 6.61 Å². The second-order valence-corrected chi connectivity index (χ2v) is 4.70. The molecule has 0 aliphatic heterocycles. The summed E-state index contributed by atoms with van der Waals surface area (Å²) in [6, 6.07) is 4.39. The highest BCUT2D eigenvalue weighted by atomic mass is 16.5. The molecule has 0 radical (unpaired) electrons. The van der Waals surface area contributed by atoms with E-state index in [1.165, 1.54) is 0 Å². The molecular weight excluding hydrogens is 242 g/mol. The minimum absolute atomic E-state index is 0.139. The number of hydrogen-bond acceptors (Lipinski definition) is 5. The quantitative estimate of drug-likeness (QED) is 0.654. The zero-order valence-electron chi connectivity index (χ0n) is 12.1. The molecule has 0 spiro atoms. The molecule has 0 aliphatic rings. The summed E-state index contributed by atoms with van der Waals surface area (Å²) in [5, 5.41) is 12.4. The Hall–Kier alpha value is -1.17. The first kappa shape index (κ1) is 15.9. The van der Waals surface area contributed by atoms with Crippen molar-refractivity contribution in [2.45, 2.75) is 26.4 Å². The second kappa shape index (κ2) is 8.85. The lowest BCUT2D eigenvalue weighted by molar-refractivity contribution is 0.199. The molecule has 0 aromatic carbocycles. The zero-order valence-corrected chi connectivity index (χ0v) is 12.1. The minimum Gasteiger partial charge on any atom is -0.395 e. The molecular formula is C14H25N3O2. The number of nitrogens with one attached hydrogen (secondary N) is 1. The molecule has 1 aromatic heterocycles. The Morgan fingerprint density at radius 3 is 2.74 bits per heavy atom. The lowest BCUT2D eigenvalue weighted by Crippen LogP contribution is -2.34. The van der Waals surface area contributed by atoms with E-state index in [1.807, 2.05) is 12.3 Å². The van der Waals surface area contributed by atoms with Gasteiger partial charge in [-0.3, -0.25) is 0 Å². The summed E-state index contributed by atoms with van der Waals surface area (Å²) in [6.45, 7) is 7.27. The Morgan fingerprint density at radius 2 is 2.21 bits per heavy atom. The van der Waals surface area contributed by atoms with Crippen molar-refractivity contribution in [3.05, 3.63) is 23.9 Å². The average Bonchev–Trinajstić information content (AvgIpc) is 2.41. The molecule has 19 heavy (non-hydrogen) atoms. The number of hydrogen-bond donors (Lipinski definition) is 2. The Bertz CT molecular complexity index is 341. The molecule has 1 heterocycles. The second-order valence-electron chi connectivity index (χ2n) is 4.70. The summed E-state index contributed by atoms with van der Waals surface area (Å²) >= 11 is 0. The third-order valence-corrected chi connectivity index (χ3v) is 2.88. The van der Waals surface area contributed by atoms with Crippen LogP contribution in [-0.4, -0.2) is 49.5 Å². The van der Waals surface area contributed by atoms with Crippen molar-refractivity contribution in [3.63, 3.8) is 0 Å². The molecule has 108 valence electrons. The Kier molecular flexibility index (Phi) is 7.40. The molecule has 1 aromatic rings. The summed E-state index contributed by atoms with van der Waals surface area (Å²) in [4.78, 5) is 6.55. The molecule has 0 saturated heterocycles. The SMILES string of the molecule is COCCNCc1ccc(N(CCO)C(C)C)nc1. The number of ether oxygens (including phenoxy) is 1. The molecule has 5 heteroatoms. The largest absolute Gasteiger partial charge is 0.395 e. The van der Waals surface area contributed by atoms with Gasteiger partial charge in [0, 0.05) is 39.0 Å². The number of anilines is 1. The molecule has 2 N–H and O–H groups in total. The van der Waals surface area contributed by atoms with Gasteiger partial charge in [0.2, 0.25) is 0 Å². The van der Waals surface area contributed by atoms with E-state index in [0.717, 1.165) is 24.5 Å². The van der Waals surface area contributed by atoms with Crippen molar-refractivity contribution in [1.29, 1.82) is 0 Å². The molecule has 0 bridgehead atoms. The number of rotatable bonds is 9. The average molecular weight is 267 g/mol. The van der Waals surface area contributed by atoms with Crippen molar-refractivity contribution >= 4 is 5.82 Å². The number of pyridine rings is 1. The van der Waals surface area contributed by atoms with Gasteiger partial charge in [0.05, 0.1) is 13.2 Å². The maximum absolute atomic E-state index is 9.08. The van der Waals surface area contributed by atoms with E-state index in [2.05, 4.69) is 35.1 Å². The van der Waals surface area contributed by atoms with Crippen LogP contribution in [0.2, 0.25) is 0 Å². The lowest BCUT2D eigenvalue weighted by atomic mass is 10.2. The van der Waals surface area contributed by atoms with Gasteiger partial charge in [-0.25, -0.2) is 4.98 Å². The van der Waals surface area contributed by atoms with Crippen molar-refractivity contribution in [2.75, 3.05) is 38.3 Å². The van der Waals surface area contributed by atoms with Crippen LogP contribution in [0.3, 0.4) is 0 Å². The topological polar surface area (TPSA) is 57.6 Å². The van der Waals surface area contributed by atoms with E-state index in [0.29, 0.717) is 19.2 Å². The van der Waals surface area contributed by atoms with Crippen LogP contribution < -0.4 is 10.2 Å². The predicted molar refractivity (Wildman–Crippen MR) is 77.4 cm³/mol. The van der Waals surface area contributed by atoms with Gasteiger partial charge in [-0.2, -0.15) is 0 Å². The maximum Gasteiger partial charge on any atom is 0.128 e. The van der Waals surface area contributed by atoms with Crippen molar-refractivity contribution in [1.82, 2.24) is 10.3 Å². The van der Waals surface area contributed by atoms with Crippen LogP contribution in [0.4, 0.5) is 5.82 Å². The molecule has 0 aliphatic carbocycles. The molecule has 5 nitrogen and oxygen atoms in total. The van der Waals surface area contributed by atoms with Crippen LogP contribution in [0.15, 0.2) is 18.3 Å². The number of aromatic nitrogens is 1. The summed E-state index contributed by atoms with van der Waals surface area (Å²) in [7, 11) is 1.69. The van der Waals surface area contributed by atoms with Gasteiger partial charge < -0.3 is 20.1 Å². The predicted octanol–water partition coefficient (Wildman–Crippen LogP) is 1.02. The lowest BCUT2D eigenvalue weighted by Gasteiger charge is -2.27. The fourth-order valence-corrected chi connectivity index (χ4v) is 1.84. The van der Waals surface area contributed by atoms with Crippen LogP contribution >= 0.6 is 0 Å². The molecule has 0 amide bonds. The first-order valence-electron chi connectivity index (χ1n) is 6.71. The molecule has 0 unspecified atom stereocenters. The minimum atomic E-state index is 0.139. The van der Waals surface area contributed by atoms with Crippen LogP contribution in [0.5, 0.6) is 0 Å². The molecule has 0 saturated carbocycles. The summed E-state index contributed by atoms with van der Waals surface area (Å²) < 4.78 is 4.98. The number of aliphatic hydroxyl groups is 1. The molecule has 0 atom stereocenters. The fraction of sp³-hybridized carbons (Fsp3) is 0.643. The summed E-state index contributed by atoms with van der Waals surface area (Å²) in [5.41, 5.74) is 1.15. The van der Waals surface area contributed by atoms with E-state index < -0.39 is 0 Å². The van der Waals surface area contributed by atoms with Crippen molar-refractivity contribution < 1.29 is 9.84 Å². The summed E-state index contributed by atoms with van der Waals surface area (Å²) in [6.07, 6.45) is 1.88. The van der Waals surface area contributed by atoms with Crippen molar-refractivity contribution in [3.8, 4) is 0 Å². The first-order valence-corrected chi connectivity index (χ1v) is 6.71. The van der Waals surface area contributed by atoms with Gasteiger partial charge in [-0.15, -0.1) is 0 Å². The standard InChI is InChI=1S/C14H25N3O2/c1-12(2)17(7-8-18)14-5-4-13(11-16-14)10-15-6-9-19-3/h4-5,11-12,15,18H,6-10H2,1-3H3. The molecule has 1 rings (SSSR count). The Morgan fingerprint density at radius 1 is 1.42 bits per heavy atom. The van der Waals surface area contributed by atoms with E-state index in [9.17, 15) is 0 Å². The van der Waals surface area contributed by atoms with E-state index in [1.54, 1.807) is 7.11 Å². The van der Waals surface area contributed by atoms with Gasteiger partial charge in [-0.05, 0) is 25.5 Å². The maximum atomic E-state index is 9.08. The number of methoxy groups -OCH3 is 1. The van der Waals surface area contributed by atoms with Crippen LogP contribution in [-0.2, 0) is 11.3 Å². The van der Waals surface area contributed by atoms with Crippen LogP contribution in [0, 0.1) is 0 Å². The third-order valence-electron chi connectivity index (χ3n) is 2.88. The number of aliphatic hydroxyl groups excluding tert-OH is 1. The van der Waals surface area contributed by atoms with Crippen molar-refractivity contribution in [2.24, 2.45) is 0 Å². The normalized spacial score (nSPS) is 11.0. The van der Waals surface area contributed by atoms with Gasteiger partial charge >= 0.3 is 0 Å².